The highest BCUT2D eigenvalue weighted by atomic mass is 32.1. The van der Waals surface area contributed by atoms with Gasteiger partial charge in [0.2, 0.25) is 0 Å². The molecule has 150 valence electrons. The second-order valence-corrected chi connectivity index (χ2v) is 6.79. The van der Waals surface area contributed by atoms with Gasteiger partial charge < -0.3 is 20.1 Å². The molecule has 1 aliphatic heterocycles. The molecule has 1 heterocycles. The SMILES string of the molecule is FC(F)Oc1ccc(NC(=S)N[C@@H](CN2CCOCC2)c2ccccc2)cc1. The normalized spacial score (nSPS) is 15.8. The average Bonchev–Trinajstić information content (AvgIpc) is 2.70. The van der Waals surface area contributed by atoms with Crippen molar-refractivity contribution in [2.24, 2.45) is 0 Å². The minimum Gasteiger partial charge on any atom is -0.435 e. The summed E-state index contributed by atoms with van der Waals surface area (Å²) in [5.41, 5.74) is 1.83. The Labute approximate surface area is 168 Å². The summed E-state index contributed by atoms with van der Waals surface area (Å²) in [7, 11) is 0. The van der Waals surface area contributed by atoms with Crippen molar-refractivity contribution in [2.75, 3.05) is 38.2 Å². The maximum atomic E-state index is 12.2. The molecule has 3 rings (SSSR count). The quantitative estimate of drug-likeness (QED) is 0.684. The van der Waals surface area contributed by atoms with Gasteiger partial charge in [0.05, 0.1) is 19.3 Å². The molecule has 0 unspecified atom stereocenters. The van der Waals surface area contributed by atoms with E-state index in [0.717, 1.165) is 38.4 Å². The van der Waals surface area contributed by atoms with Gasteiger partial charge in [0.1, 0.15) is 5.75 Å². The molecule has 0 aromatic heterocycles. The molecule has 0 radical (unpaired) electrons. The van der Waals surface area contributed by atoms with E-state index in [9.17, 15) is 8.78 Å². The number of nitrogens with one attached hydrogen (secondary N) is 2. The van der Waals surface area contributed by atoms with Crippen molar-refractivity contribution < 1.29 is 18.3 Å². The molecule has 2 aromatic rings. The summed E-state index contributed by atoms with van der Waals surface area (Å²) < 4.78 is 34.3. The maximum Gasteiger partial charge on any atom is 0.387 e. The predicted molar refractivity (Wildman–Crippen MR) is 109 cm³/mol. The fourth-order valence-electron chi connectivity index (χ4n) is 3.01. The zero-order valence-electron chi connectivity index (χ0n) is 15.3. The summed E-state index contributed by atoms with van der Waals surface area (Å²) in [5, 5.41) is 6.92. The molecule has 0 bridgehead atoms. The zero-order chi connectivity index (χ0) is 19.8. The first-order chi connectivity index (χ1) is 13.6. The molecule has 2 aromatic carbocycles. The Kier molecular flexibility index (Phi) is 7.53. The Bertz CT molecular complexity index is 741. The van der Waals surface area contributed by atoms with Crippen molar-refractivity contribution in [3.05, 3.63) is 60.2 Å². The molecule has 8 heteroatoms. The Balaban J connectivity index is 1.61. The van der Waals surface area contributed by atoms with Gasteiger partial charge in [-0.25, -0.2) is 0 Å². The Hall–Kier alpha value is -2.29. The van der Waals surface area contributed by atoms with Crippen molar-refractivity contribution in [2.45, 2.75) is 12.7 Å². The van der Waals surface area contributed by atoms with Crippen LogP contribution in [0.2, 0.25) is 0 Å². The first-order valence-electron chi connectivity index (χ1n) is 9.07. The lowest BCUT2D eigenvalue weighted by Gasteiger charge is -2.31. The molecule has 1 fully saturated rings. The fraction of sp³-hybridized carbons (Fsp3) is 0.350. The van der Waals surface area contributed by atoms with Gasteiger partial charge in [-0.15, -0.1) is 0 Å². The lowest BCUT2D eigenvalue weighted by atomic mass is 10.1. The molecule has 0 aliphatic carbocycles. The van der Waals surface area contributed by atoms with E-state index < -0.39 is 6.61 Å². The van der Waals surface area contributed by atoms with Crippen LogP contribution in [0.4, 0.5) is 14.5 Å². The molecular formula is C20H23F2N3O2S. The van der Waals surface area contributed by atoms with E-state index in [1.54, 1.807) is 12.1 Å². The highest BCUT2D eigenvalue weighted by molar-refractivity contribution is 7.80. The van der Waals surface area contributed by atoms with E-state index in [1.165, 1.54) is 12.1 Å². The highest BCUT2D eigenvalue weighted by Crippen LogP contribution is 2.19. The van der Waals surface area contributed by atoms with Crippen LogP contribution in [0.15, 0.2) is 54.6 Å². The molecule has 0 amide bonds. The van der Waals surface area contributed by atoms with Gasteiger partial charge >= 0.3 is 6.61 Å². The van der Waals surface area contributed by atoms with Crippen LogP contribution < -0.4 is 15.4 Å². The smallest absolute Gasteiger partial charge is 0.387 e. The second kappa shape index (κ2) is 10.3. The standard InChI is InChI=1S/C20H23F2N3O2S/c21-19(22)27-17-8-6-16(7-9-17)23-20(28)24-18(15-4-2-1-3-5-15)14-25-10-12-26-13-11-25/h1-9,18-19H,10-14H2,(H2,23,24,28)/t18-/m0/s1. The number of ether oxygens (including phenoxy) is 2. The van der Waals surface area contributed by atoms with Crippen LogP contribution in [0.1, 0.15) is 11.6 Å². The maximum absolute atomic E-state index is 12.2. The number of benzene rings is 2. The Morgan fingerprint density at radius 2 is 1.75 bits per heavy atom. The van der Waals surface area contributed by atoms with E-state index >= 15 is 0 Å². The predicted octanol–water partition coefficient (Wildman–Crippen LogP) is 3.65. The average molecular weight is 407 g/mol. The van der Waals surface area contributed by atoms with Crippen LogP contribution in [-0.2, 0) is 4.74 Å². The van der Waals surface area contributed by atoms with Gasteiger partial charge in [0.25, 0.3) is 0 Å². The van der Waals surface area contributed by atoms with Crippen LogP contribution in [-0.4, -0.2) is 49.5 Å². The largest absolute Gasteiger partial charge is 0.435 e. The fourth-order valence-corrected chi connectivity index (χ4v) is 3.27. The minimum atomic E-state index is -2.84. The Morgan fingerprint density at radius 3 is 2.39 bits per heavy atom. The molecule has 28 heavy (non-hydrogen) atoms. The molecule has 2 N–H and O–H groups in total. The molecule has 0 saturated carbocycles. The van der Waals surface area contributed by atoms with E-state index in [4.69, 9.17) is 17.0 Å². The minimum absolute atomic E-state index is 0.0146. The third kappa shape index (κ3) is 6.40. The lowest BCUT2D eigenvalue weighted by Crippen LogP contribution is -2.44. The number of anilines is 1. The molecule has 1 atom stereocenters. The van der Waals surface area contributed by atoms with Gasteiger partial charge in [-0.2, -0.15) is 8.78 Å². The number of rotatable bonds is 7. The third-order valence-corrected chi connectivity index (χ3v) is 4.61. The topological polar surface area (TPSA) is 45.8 Å². The lowest BCUT2D eigenvalue weighted by molar-refractivity contribution is -0.0498. The van der Waals surface area contributed by atoms with Crippen LogP contribution in [0, 0.1) is 0 Å². The van der Waals surface area contributed by atoms with Crippen molar-refractivity contribution in [3.8, 4) is 5.75 Å². The number of halogens is 2. The van der Waals surface area contributed by atoms with Gasteiger partial charge in [0.15, 0.2) is 5.11 Å². The van der Waals surface area contributed by atoms with E-state index in [-0.39, 0.29) is 11.8 Å². The van der Waals surface area contributed by atoms with Gasteiger partial charge in [-0.05, 0) is 42.0 Å². The zero-order valence-corrected chi connectivity index (χ0v) is 16.1. The summed E-state index contributed by atoms with van der Waals surface area (Å²) >= 11 is 5.47. The number of thiocarbonyl (C=S) groups is 1. The molecule has 1 aliphatic rings. The van der Waals surface area contributed by atoms with Gasteiger partial charge in [0, 0.05) is 25.3 Å². The molecule has 5 nitrogen and oxygen atoms in total. The number of hydrogen-bond acceptors (Lipinski definition) is 4. The summed E-state index contributed by atoms with van der Waals surface area (Å²) in [6.45, 7) is 1.20. The monoisotopic (exact) mass is 407 g/mol. The van der Waals surface area contributed by atoms with Crippen LogP contribution >= 0.6 is 12.2 Å². The first-order valence-corrected chi connectivity index (χ1v) is 9.48. The summed E-state index contributed by atoms with van der Waals surface area (Å²) in [4.78, 5) is 2.34. The third-order valence-electron chi connectivity index (χ3n) is 4.39. The number of morpholine rings is 1. The Morgan fingerprint density at radius 1 is 1.07 bits per heavy atom. The van der Waals surface area contributed by atoms with Crippen molar-refractivity contribution in [1.82, 2.24) is 10.2 Å². The van der Waals surface area contributed by atoms with Crippen molar-refractivity contribution in [1.29, 1.82) is 0 Å². The number of alkyl halides is 2. The summed E-state index contributed by atoms with van der Waals surface area (Å²) in [6.07, 6.45) is 0. The van der Waals surface area contributed by atoms with Gasteiger partial charge in [-0.1, -0.05) is 30.3 Å². The van der Waals surface area contributed by atoms with E-state index in [2.05, 4.69) is 32.4 Å². The number of hydrogen-bond donors (Lipinski definition) is 2. The second-order valence-electron chi connectivity index (χ2n) is 6.38. The summed E-state index contributed by atoms with van der Waals surface area (Å²) in [5.74, 6) is 0.105. The highest BCUT2D eigenvalue weighted by Gasteiger charge is 2.19. The molecule has 0 spiro atoms. The van der Waals surface area contributed by atoms with Crippen molar-refractivity contribution >= 4 is 23.0 Å². The summed E-state index contributed by atoms with van der Waals surface area (Å²) in [6, 6.07) is 16.4. The molecular weight excluding hydrogens is 384 g/mol. The van der Waals surface area contributed by atoms with Crippen LogP contribution in [0.25, 0.3) is 0 Å². The van der Waals surface area contributed by atoms with Gasteiger partial charge in [-0.3, -0.25) is 4.90 Å². The van der Waals surface area contributed by atoms with E-state index in [0.29, 0.717) is 10.8 Å². The van der Waals surface area contributed by atoms with E-state index in [1.807, 2.05) is 18.2 Å². The number of nitrogens with zero attached hydrogens (tertiary/aromatic N) is 1. The van der Waals surface area contributed by atoms with Crippen LogP contribution in [0.3, 0.4) is 0 Å². The molecule has 1 saturated heterocycles. The van der Waals surface area contributed by atoms with Crippen LogP contribution in [0.5, 0.6) is 5.75 Å². The first kappa shape index (κ1) is 20.4. The van der Waals surface area contributed by atoms with Crippen molar-refractivity contribution in [3.63, 3.8) is 0 Å².